The van der Waals surface area contributed by atoms with E-state index in [0.717, 1.165) is 0 Å². The Morgan fingerprint density at radius 3 is 1.08 bits per heavy atom. The van der Waals surface area contributed by atoms with Gasteiger partial charge in [0.2, 0.25) is 0 Å². The first-order chi connectivity index (χ1) is 12.3. The zero-order valence-corrected chi connectivity index (χ0v) is 14.0. The van der Waals surface area contributed by atoms with E-state index in [1.807, 2.05) is 91.0 Å². The Morgan fingerprint density at radius 1 is 0.600 bits per heavy atom. The summed E-state index contributed by atoms with van der Waals surface area (Å²) >= 11 is 0. The van der Waals surface area contributed by atoms with Gasteiger partial charge in [0.25, 0.3) is 0 Å². The summed E-state index contributed by atoms with van der Waals surface area (Å²) in [7, 11) is -1.59. The molecule has 0 unspecified atom stereocenters. The lowest BCUT2D eigenvalue weighted by atomic mass is 10.3. The van der Waals surface area contributed by atoms with Crippen molar-refractivity contribution in [3.05, 3.63) is 101 Å². The third-order valence-electron chi connectivity index (χ3n) is 2.77. The molecule has 0 aliphatic heterocycles. The predicted octanol–water partition coefficient (Wildman–Crippen LogP) is 4.33. The summed E-state index contributed by atoms with van der Waals surface area (Å²) in [6.45, 7) is 0. The van der Waals surface area contributed by atoms with E-state index in [9.17, 15) is 0 Å². The van der Waals surface area contributed by atoms with Gasteiger partial charge < -0.3 is 13.6 Å². The number of benzene rings is 3. The molecule has 0 aliphatic carbocycles. The van der Waals surface area contributed by atoms with Crippen LogP contribution in [0, 0.1) is 9.71 Å². The van der Waals surface area contributed by atoms with Crippen molar-refractivity contribution in [1.82, 2.24) is 0 Å². The molecule has 3 aromatic carbocycles. The van der Waals surface area contributed by atoms with Gasteiger partial charge in [0, 0.05) is 0 Å². The molecule has 0 saturated carbocycles. The van der Waals surface area contributed by atoms with Gasteiger partial charge in [-0.3, -0.25) is 0 Å². The zero-order valence-electron chi connectivity index (χ0n) is 13.1. The molecule has 3 rings (SSSR count). The van der Waals surface area contributed by atoms with Crippen LogP contribution in [0.2, 0.25) is 0 Å². The summed E-state index contributed by atoms with van der Waals surface area (Å²) in [6, 6.07) is 28.5. The second-order valence-corrected chi connectivity index (χ2v) is 5.50. The van der Waals surface area contributed by atoms with Crippen molar-refractivity contribution in [2.24, 2.45) is 0 Å². The van der Waals surface area contributed by atoms with Crippen LogP contribution in [0.15, 0.2) is 91.0 Å². The van der Waals surface area contributed by atoms with Gasteiger partial charge >= 0.3 is 8.60 Å². The average Bonchev–Trinajstić information content (AvgIpc) is 2.65. The Balaban J connectivity index is 0.000000701. The molecule has 6 nitrogen and oxygen atoms in total. The van der Waals surface area contributed by atoms with Crippen LogP contribution in [-0.4, -0.2) is 0 Å². The van der Waals surface area contributed by atoms with Crippen molar-refractivity contribution in [2.45, 2.75) is 0 Å². The first kappa shape index (κ1) is 18.2. The van der Waals surface area contributed by atoms with Gasteiger partial charge in [-0.15, -0.1) is 0 Å². The summed E-state index contributed by atoms with van der Waals surface area (Å²) in [5.41, 5.74) is 0. The minimum Gasteiger partial charge on any atom is -0.409 e. The summed E-state index contributed by atoms with van der Waals surface area (Å²) in [6.07, 6.45) is 0. The van der Waals surface area contributed by atoms with E-state index in [-0.39, 0.29) is 0 Å². The second kappa shape index (κ2) is 10.6. The van der Waals surface area contributed by atoms with Gasteiger partial charge in [0.05, 0.1) is 0 Å². The number of rotatable bonds is 6. The monoisotopic (exact) mass is 358 g/mol. The van der Waals surface area contributed by atoms with Gasteiger partial charge in [0.1, 0.15) is 17.2 Å². The summed E-state index contributed by atoms with van der Waals surface area (Å²) in [5.74, 6) is 2.13. The lowest BCUT2D eigenvalue weighted by Crippen LogP contribution is -2.02. The van der Waals surface area contributed by atoms with Crippen LogP contribution in [0.5, 0.6) is 17.2 Å². The van der Waals surface area contributed by atoms with Crippen LogP contribution in [-0.2, 0) is 0 Å². The Labute approximate surface area is 146 Å². The fraction of sp³-hybridized carbons (Fsp3) is 0. The molecule has 0 bridgehead atoms. The van der Waals surface area contributed by atoms with E-state index >= 15 is 0 Å². The maximum absolute atomic E-state index is 7.88. The predicted molar refractivity (Wildman–Crippen MR) is 94.9 cm³/mol. The van der Waals surface area contributed by atoms with Gasteiger partial charge in [-0.05, 0) is 36.4 Å². The quantitative estimate of drug-likeness (QED) is 0.284. The highest BCUT2D eigenvalue weighted by Gasteiger charge is 2.19. The van der Waals surface area contributed by atoms with Gasteiger partial charge in [-0.2, -0.15) is 0 Å². The Hall–Kier alpha value is -3.11. The van der Waals surface area contributed by atoms with Crippen LogP contribution in [0.3, 0.4) is 0 Å². The molecule has 128 valence electrons. The maximum atomic E-state index is 7.88. The molecule has 7 heteroatoms. The Kier molecular flexibility index (Phi) is 7.75. The SMILES string of the molecule is O=[O+][O-].c1ccc(OP(Oc2ccccc2)Oc2ccccc2)cc1. The van der Waals surface area contributed by atoms with Gasteiger partial charge in [0.15, 0.2) is 4.75 Å². The lowest BCUT2D eigenvalue weighted by Gasteiger charge is -2.17. The molecule has 0 radical (unpaired) electrons. The lowest BCUT2D eigenvalue weighted by molar-refractivity contribution is -0.284. The summed E-state index contributed by atoms with van der Waals surface area (Å²) in [5, 5.41) is 7.88. The fourth-order valence-electron chi connectivity index (χ4n) is 1.76. The molecule has 0 saturated heterocycles. The first-order valence-electron chi connectivity index (χ1n) is 7.23. The second-order valence-electron chi connectivity index (χ2n) is 4.50. The fourth-order valence-corrected chi connectivity index (χ4v) is 2.75. The van der Waals surface area contributed by atoms with E-state index in [0.29, 0.717) is 17.2 Å². The Bertz CT molecular complexity index is 626. The van der Waals surface area contributed by atoms with Crippen LogP contribution in [0.4, 0.5) is 0 Å². The molecule has 0 atom stereocenters. The largest absolute Gasteiger partial charge is 0.530 e. The van der Waals surface area contributed by atoms with Crippen molar-refractivity contribution >= 4 is 8.60 Å². The molecule has 25 heavy (non-hydrogen) atoms. The van der Waals surface area contributed by atoms with Crippen molar-refractivity contribution in [2.75, 3.05) is 0 Å². The molecule has 0 fully saturated rings. The highest BCUT2D eigenvalue weighted by molar-refractivity contribution is 7.43. The standard InChI is InChI=1S/C18H15O3P.O3/c1-4-10-16(11-5-1)19-22(20-17-12-6-2-7-13-17)21-18-14-8-3-9-15-18;1-3-2/h1-15H;. The topological polar surface area (TPSA) is 79.1 Å². The van der Waals surface area contributed by atoms with Crippen molar-refractivity contribution in [3.63, 3.8) is 0 Å². The molecular formula is C18H15O6P. The molecule has 0 N–H and O–H groups in total. The molecule has 3 aromatic rings. The number of hydrogen-bond acceptors (Lipinski definition) is 5. The number of para-hydroxylation sites is 3. The van der Waals surface area contributed by atoms with Gasteiger partial charge in [-0.25, -0.2) is 0 Å². The maximum Gasteiger partial charge on any atom is 0.530 e. The third kappa shape index (κ3) is 6.89. The van der Waals surface area contributed by atoms with Crippen LogP contribution in [0.25, 0.3) is 0 Å². The first-order valence-corrected chi connectivity index (χ1v) is 8.32. The molecular weight excluding hydrogens is 343 g/mol. The van der Waals surface area contributed by atoms with Crippen molar-refractivity contribution in [3.8, 4) is 17.2 Å². The molecule has 0 aliphatic rings. The highest BCUT2D eigenvalue weighted by atomic mass is 31.2. The third-order valence-corrected chi connectivity index (χ3v) is 3.85. The van der Waals surface area contributed by atoms with E-state index < -0.39 is 8.60 Å². The number of hydrogen-bond donors (Lipinski definition) is 0. The zero-order chi connectivity index (χ0) is 17.7. The van der Waals surface area contributed by atoms with E-state index in [1.165, 1.54) is 0 Å². The minimum absolute atomic E-state index is 0.709. The normalized spacial score (nSPS) is 9.48. The minimum atomic E-state index is -1.59. The molecule has 0 amide bonds. The van der Waals surface area contributed by atoms with E-state index in [4.69, 9.17) is 23.8 Å². The molecule has 0 heterocycles. The van der Waals surface area contributed by atoms with E-state index in [1.54, 1.807) is 4.75 Å². The van der Waals surface area contributed by atoms with Crippen molar-refractivity contribution < 1.29 is 18.8 Å². The van der Waals surface area contributed by atoms with Crippen molar-refractivity contribution in [1.29, 1.82) is 0 Å². The van der Waals surface area contributed by atoms with Gasteiger partial charge in [-0.1, -0.05) is 64.8 Å². The van der Waals surface area contributed by atoms with Crippen LogP contribution < -0.4 is 18.8 Å². The highest BCUT2D eigenvalue weighted by Crippen LogP contribution is 2.41. The molecule has 0 spiro atoms. The smallest absolute Gasteiger partial charge is 0.409 e. The van der Waals surface area contributed by atoms with E-state index in [2.05, 4.69) is 0 Å². The average molecular weight is 358 g/mol. The summed E-state index contributed by atoms with van der Waals surface area (Å²) < 4.78 is 19.3. The van der Waals surface area contributed by atoms with Crippen LogP contribution in [0.1, 0.15) is 0 Å². The van der Waals surface area contributed by atoms with Crippen LogP contribution >= 0.6 is 8.60 Å². The molecule has 0 aromatic heterocycles. The summed E-state index contributed by atoms with van der Waals surface area (Å²) in [4.78, 5) is 7.88. The Morgan fingerprint density at radius 2 is 0.840 bits per heavy atom.